The fraction of sp³-hybridized carbons (Fsp3) is 0.556. The number of aldehydes is 1. The van der Waals surface area contributed by atoms with E-state index in [0.717, 1.165) is 30.0 Å². The van der Waals surface area contributed by atoms with Gasteiger partial charge in [-0.3, -0.25) is 0 Å². The van der Waals surface area contributed by atoms with Gasteiger partial charge in [0.2, 0.25) is 0 Å². The summed E-state index contributed by atoms with van der Waals surface area (Å²) < 4.78 is 5.12. The van der Waals surface area contributed by atoms with E-state index >= 15 is 0 Å². The van der Waals surface area contributed by atoms with Gasteiger partial charge >= 0.3 is 0 Å². The lowest BCUT2D eigenvalue weighted by atomic mass is 9.67. The van der Waals surface area contributed by atoms with Crippen LogP contribution in [0.3, 0.4) is 0 Å². The maximum absolute atomic E-state index is 10.9. The Morgan fingerprint density at radius 1 is 1.69 bits per heavy atom. The van der Waals surface area contributed by atoms with E-state index in [4.69, 9.17) is 0 Å². The maximum atomic E-state index is 10.9. The van der Waals surface area contributed by atoms with Gasteiger partial charge in [-0.2, -0.15) is 4.37 Å². The Bertz CT molecular complexity index is 319. The molecule has 13 heavy (non-hydrogen) atoms. The first kappa shape index (κ1) is 9.34. The molecule has 0 N–H and O–H groups in total. The minimum absolute atomic E-state index is 0.0605. The van der Waals surface area contributed by atoms with Crippen LogP contribution in [-0.4, -0.2) is 10.7 Å². The van der Waals surface area contributed by atoms with Crippen LogP contribution in [0, 0.1) is 5.41 Å². The minimum atomic E-state index is -0.0605. The molecule has 1 saturated carbocycles. The van der Waals surface area contributed by atoms with Crippen molar-refractivity contribution in [2.75, 3.05) is 0 Å². The molecule has 1 fully saturated rings. The molecule has 1 heterocycles. The van der Waals surface area contributed by atoms with E-state index in [1.54, 1.807) is 6.20 Å². The van der Waals surface area contributed by atoms with Crippen molar-refractivity contribution >= 4 is 33.7 Å². The minimum Gasteiger partial charge on any atom is -0.303 e. The summed E-state index contributed by atoms with van der Waals surface area (Å²) in [6, 6.07) is 0. The van der Waals surface area contributed by atoms with Gasteiger partial charge in [0.25, 0.3) is 0 Å². The standard InChI is InChI=1S/C9H10BrNOS/c10-7-5-11-13-8(7)4-9(6-12)2-1-3-9/h5-6H,1-4H2. The number of rotatable bonds is 3. The summed E-state index contributed by atoms with van der Waals surface area (Å²) in [6.45, 7) is 0. The third kappa shape index (κ3) is 1.70. The Hall–Kier alpha value is -0.220. The van der Waals surface area contributed by atoms with Gasteiger partial charge in [-0.15, -0.1) is 0 Å². The van der Waals surface area contributed by atoms with E-state index in [1.165, 1.54) is 22.8 Å². The first-order valence-corrected chi connectivity index (χ1v) is 5.88. The average Bonchev–Trinajstić information content (AvgIpc) is 2.44. The van der Waals surface area contributed by atoms with Crippen LogP contribution in [0.15, 0.2) is 10.7 Å². The highest BCUT2D eigenvalue weighted by molar-refractivity contribution is 9.10. The number of aromatic nitrogens is 1. The van der Waals surface area contributed by atoms with Crippen LogP contribution in [0.4, 0.5) is 0 Å². The number of carbonyl (C=O) groups excluding carboxylic acids is 1. The summed E-state index contributed by atoms with van der Waals surface area (Å²) >= 11 is 4.92. The summed E-state index contributed by atoms with van der Waals surface area (Å²) in [5.74, 6) is 0. The van der Waals surface area contributed by atoms with Gasteiger partial charge in [-0.25, -0.2) is 0 Å². The van der Waals surface area contributed by atoms with E-state index in [-0.39, 0.29) is 5.41 Å². The molecule has 1 aromatic heterocycles. The molecule has 0 atom stereocenters. The largest absolute Gasteiger partial charge is 0.303 e. The summed E-state index contributed by atoms with van der Waals surface area (Å²) in [6.07, 6.45) is 7.07. The van der Waals surface area contributed by atoms with Gasteiger partial charge in [0.05, 0.1) is 10.7 Å². The van der Waals surface area contributed by atoms with Crippen LogP contribution < -0.4 is 0 Å². The number of hydrogen-bond donors (Lipinski definition) is 0. The molecule has 0 amide bonds. The molecular formula is C9H10BrNOS. The van der Waals surface area contributed by atoms with E-state index in [0.29, 0.717) is 0 Å². The number of hydrogen-bond acceptors (Lipinski definition) is 3. The molecule has 0 radical (unpaired) electrons. The van der Waals surface area contributed by atoms with Gasteiger partial charge in [-0.1, -0.05) is 6.42 Å². The van der Waals surface area contributed by atoms with Crippen LogP contribution in [0.1, 0.15) is 24.1 Å². The predicted molar refractivity (Wildman–Crippen MR) is 55.9 cm³/mol. The summed E-state index contributed by atoms with van der Waals surface area (Å²) in [5.41, 5.74) is -0.0605. The third-order valence-corrected chi connectivity index (χ3v) is 4.45. The molecule has 2 nitrogen and oxygen atoms in total. The summed E-state index contributed by atoms with van der Waals surface area (Å²) in [5, 5.41) is 0. The second-order valence-corrected chi connectivity index (χ2v) is 5.35. The number of nitrogens with zero attached hydrogens (tertiary/aromatic N) is 1. The molecule has 1 aliphatic carbocycles. The molecule has 0 aromatic carbocycles. The number of carbonyl (C=O) groups is 1. The molecular weight excluding hydrogens is 250 g/mol. The van der Waals surface area contributed by atoms with Crippen molar-refractivity contribution in [3.05, 3.63) is 15.5 Å². The lowest BCUT2D eigenvalue weighted by Gasteiger charge is -2.36. The van der Waals surface area contributed by atoms with Crippen LogP contribution in [0.2, 0.25) is 0 Å². The molecule has 1 aliphatic rings. The van der Waals surface area contributed by atoms with Gasteiger partial charge < -0.3 is 4.79 Å². The van der Waals surface area contributed by atoms with Crippen molar-refractivity contribution in [2.45, 2.75) is 25.7 Å². The van der Waals surface area contributed by atoms with Crippen molar-refractivity contribution in [2.24, 2.45) is 5.41 Å². The zero-order valence-corrected chi connectivity index (χ0v) is 9.53. The molecule has 0 saturated heterocycles. The van der Waals surface area contributed by atoms with Crippen molar-refractivity contribution in [1.82, 2.24) is 4.37 Å². The van der Waals surface area contributed by atoms with Crippen LogP contribution in [0.25, 0.3) is 0 Å². The molecule has 0 unspecified atom stereocenters. The Morgan fingerprint density at radius 3 is 2.85 bits per heavy atom. The van der Waals surface area contributed by atoms with Crippen LogP contribution >= 0.6 is 27.5 Å². The molecule has 0 aliphatic heterocycles. The lowest BCUT2D eigenvalue weighted by molar-refractivity contribution is -0.120. The Morgan fingerprint density at radius 2 is 2.46 bits per heavy atom. The van der Waals surface area contributed by atoms with Gasteiger partial charge in [-0.05, 0) is 46.7 Å². The monoisotopic (exact) mass is 259 g/mol. The molecule has 70 valence electrons. The zero-order chi connectivity index (χ0) is 9.31. The predicted octanol–water partition coefficient (Wildman–Crippen LogP) is 2.82. The Kier molecular flexibility index (Phi) is 2.51. The zero-order valence-electron chi connectivity index (χ0n) is 7.12. The molecule has 4 heteroatoms. The second kappa shape index (κ2) is 3.50. The van der Waals surface area contributed by atoms with Gasteiger partial charge in [0.1, 0.15) is 6.29 Å². The van der Waals surface area contributed by atoms with E-state index in [1.807, 2.05) is 0 Å². The van der Waals surface area contributed by atoms with Crippen molar-refractivity contribution in [3.8, 4) is 0 Å². The maximum Gasteiger partial charge on any atom is 0.126 e. The van der Waals surface area contributed by atoms with Gasteiger partial charge in [0, 0.05) is 10.3 Å². The highest BCUT2D eigenvalue weighted by Gasteiger charge is 2.37. The quantitative estimate of drug-likeness (QED) is 0.782. The van der Waals surface area contributed by atoms with E-state index in [2.05, 4.69) is 20.3 Å². The average molecular weight is 260 g/mol. The lowest BCUT2D eigenvalue weighted by Crippen LogP contribution is -2.33. The topological polar surface area (TPSA) is 30.0 Å². The van der Waals surface area contributed by atoms with Crippen molar-refractivity contribution in [3.63, 3.8) is 0 Å². The Labute approximate surface area is 89.6 Å². The first-order valence-electron chi connectivity index (χ1n) is 4.31. The molecule has 1 aromatic rings. The third-order valence-electron chi connectivity index (χ3n) is 2.71. The number of halogens is 1. The second-order valence-electron chi connectivity index (χ2n) is 3.61. The SMILES string of the molecule is O=CC1(Cc2sncc2Br)CCC1. The van der Waals surface area contributed by atoms with E-state index in [9.17, 15) is 4.79 Å². The molecule has 0 bridgehead atoms. The van der Waals surface area contributed by atoms with Crippen LogP contribution in [0.5, 0.6) is 0 Å². The van der Waals surface area contributed by atoms with Gasteiger partial charge in [0.15, 0.2) is 0 Å². The first-order chi connectivity index (χ1) is 6.26. The highest BCUT2D eigenvalue weighted by atomic mass is 79.9. The van der Waals surface area contributed by atoms with Crippen LogP contribution in [-0.2, 0) is 11.2 Å². The van der Waals surface area contributed by atoms with E-state index < -0.39 is 0 Å². The molecule has 0 spiro atoms. The summed E-state index contributed by atoms with van der Waals surface area (Å²) in [4.78, 5) is 12.1. The normalized spacial score (nSPS) is 19.5. The fourth-order valence-corrected chi connectivity index (χ4v) is 3.03. The Balaban J connectivity index is 2.13. The van der Waals surface area contributed by atoms with Crippen molar-refractivity contribution in [1.29, 1.82) is 0 Å². The highest BCUT2D eigenvalue weighted by Crippen LogP contribution is 2.43. The smallest absolute Gasteiger partial charge is 0.126 e. The summed E-state index contributed by atoms with van der Waals surface area (Å²) in [7, 11) is 0. The van der Waals surface area contributed by atoms with Crippen molar-refractivity contribution < 1.29 is 4.79 Å². The fourth-order valence-electron chi connectivity index (χ4n) is 1.66. The molecule has 2 rings (SSSR count).